The lowest BCUT2D eigenvalue weighted by atomic mass is 9.82. The Hall–Kier alpha value is -1.65. The molecule has 0 radical (unpaired) electrons. The second-order valence-electron chi connectivity index (χ2n) is 5.83. The molecule has 1 aromatic carbocycles. The van der Waals surface area contributed by atoms with Gasteiger partial charge in [0.2, 0.25) is 0 Å². The van der Waals surface area contributed by atoms with E-state index in [9.17, 15) is 13.6 Å². The zero-order chi connectivity index (χ0) is 14.8. The van der Waals surface area contributed by atoms with Gasteiger partial charge in [-0.15, -0.1) is 0 Å². The molecule has 19 heavy (non-hydrogen) atoms. The van der Waals surface area contributed by atoms with Gasteiger partial charge in [-0.05, 0) is 17.4 Å². The van der Waals surface area contributed by atoms with Crippen molar-refractivity contribution in [3.8, 4) is 0 Å². The third-order valence-electron chi connectivity index (χ3n) is 3.38. The number of carbonyl (C=O) groups is 1. The first kappa shape index (κ1) is 15.4. The topological polar surface area (TPSA) is 55.1 Å². The summed E-state index contributed by atoms with van der Waals surface area (Å²) < 4.78 is 26.0. The maximum Gasteiger partial charge on any atom is 0.253 e. The molecule has 0 aliphatic heterocycles. The Bertz CT molecular complexity index is 481. The van der Waals surface area contributed by atoms with E-state index in [-0.39, 0.29) is 22.6 Å². The largest absolute Gasteiger partial charge is 0.398 e. The zero-order valence-corrected chi connectivity index (χ0v) is 11.7. The Balaban J connectivity index is 2.77. The lowest BCUT2D eigenvalue weighted by Gasteiger charge is -2.27. The van der Waals surface area contributed by atoms with Gasteiger partial charge in [-0.3, -0.25) is 4.79 Å². The number of hydrogen-bond donors (Lipinski definition) is 2. The molecule has 5 heteroatoms. The summed E-state index contributed by atoms with van der Waals surface area (Å²) in [6.07, 6.45) is 0. The normalized spacial score (nSPS) is 13.2. The van der Waals surface area contributed by atoms with Crippen LogP contribution in [0.3, 0.4) is 0 Å². The number of halogens is 2. The summed E-state index contributed by atoms with van der Waals surface area (Å²) in [4.78, 5) is 11.9. The molecule has 106 valence electrons. The second kappa shape index (κ2) is 5.55. The van der Waals surface area contributed by atoms with E-state index in [1.54, 1.807) is 0 Å². The van der Waals surface area contributed by atoms with Crippen molar-refractivity contribution in [3.05, 3.63) is 29.3 Å². The summed E-state index contributed by atoms with van der Waals surface area (Å²) in [6.45, 7) is 8.65. The molecule has 3 nitrogen and oxygen atoms in total. The molecule has 0 spiro atoms. The average molecular weight is 270 g/mol. The number of hydrogen-bond acceptors (Lipinski definition) is 2. The van der Waals surface area contributed by atoms with Gasteiger partial charge < -0.3 is 11.1 Å². The molecule has 0 saturated heterocycles. The van der Waals surface area contributed by atoms with Crippen molar-refractivity contribution < 1.29 is 13.6 Å². The van der Waals surface area contributed by atoms with E-state index in [0.29, 0.717) is 6.54 Å². The summed E-state index contributed by atoms with van der Waals surface area (Å²) in [7, 11) is 0. The minimum atomic E-state index is -1.08. The fourth-order valence-electron chi connectivity index (χ4n) is 1.41. The van der Waals surface area contributed by atoms with Gasteiger partial charge in [-0.25, -0.2) is 8.78 Å². The minimum Gasteiger partial charge on any atom is -0.398 e. The van der Waals surface area contributed by atoms with E-state index in [1.165, 1.54) is 0 Å². The summed E-state index contributed by atoms with van der Waals surface area (Å²) in [5, 5.41) is 2.68. The predicted molar refractivity (Wildman–Crippen MR) is 71.7 cm³/mol. The van der Waals surface area contributed by atoms with Gasteiger partial charge in [0, 0.05) is 18.3 Å². The molecule has 0 aliphatic carbocycles. The standard InChI is InChI=1S/C14H20F2N2O/c1-8(14(2,3)4)7-18-13(19)9-5-10(15)11(16)6-12(9)17/h5-6,8H,7,17H2,1-4H3,(H,18,19). The van der Waals surface area contributed by atoms with Crippen LogP contribution in [0.5, 0.6) is 0 Å². The van der Waals surface area contributed by atoms with Gasteiger partial charge in [-0.2, -0.15) is 0 Å². The van der Waals surface area contributed by atoms with Crippen LogP contribution in [0.25, 0.3) is 0 Å². The molecule has 0 fully saturated rings. The third kappa shape index (κ3) is 3.91. The van der Waals surface area contributed by atoms with Crippen molar-refractivity contribution in [2.24, 2.45) is 11.3 Å². The monoisotopic (exact) mass is 270 g/mol. The fourth-order valence-corrected chi connectivity index (χ4v) is 1.41. The van der Waals surface area contributed by atoms with E-state index in [0.717, 1.165) is 12.1 Å². The quantitative estimate of drug-likeness (QED) is 0.830. The first-order chi connectivity index (χ1) is 8.62. The van der Waals surface area contributed by atoms with Gasteiger partial charge in [0.15, 0.2) is 11.6 Å². The molecule has 0 saturated carbocycles. The van der Waals surface area contributed by atoms with Crippen molar-refractivity contribution in [3.63, 3.8) is 0 Å². The molecule has 0 heterocycles. The number of rotatable bonds is 3. The number of carbonyl (C=O) groups excluding carboxylic acids is 1. The first-order valence-corrected chi connectivity index (χ1v) is 6.15. The van der Waals surface area contributed by atoms with E-state index >= 15 is 0 Å². The van der Waals surface area contributed by atoms with E-state index in [4.69, 9.17) is 5.73 Å². The van der Waals surface area contributed by atoms with Crippen LogP contribution in [0.1, 0.15) is 38.1 Å². The molecule has 0 bridgehead atoms. The zero-order valence-electron chi connectivity index (χ0n) is 11.7. The molecular formula is C14H20F2N2O. The van der Waals surface area contributed by atoms with Crippen molar-refractivity contribution in [2.75, 3.05) is 12.3 Å². The summed E-state index contributed by atoms with van der Waals surface area (Å²) in [5.74, 6) is -2.39. The molecule has 0 aromatic heterocycles. The maximum absolute atomic E-state index is 13.1. The smallest absolute Gasteiger partial charge is 0.253 e. The van der Waals surface area contributed by atoms with Gasteiger partial charge in [0.1, 0.15) is 0 Å². The summed E-state index contributed by atoms with van der Waals surface area (Å²) in [6, 6.07) is 1.64. The SMILES string of the molecule is CC(CNC(=O)c1cc(F)c(F)cc1N)C(C)(C)C. The van der Waals surface area contributed by atoms with Gasteiger partial charge in [0.05, 0.1) is 5.56 Å². The number of nitrogen functional groups attached to an aromatic ring is 1. The predicted octanol–water partition coefficient (Wildman–Crippen LogP) is 2.96. The highest BCUT2D eigenvalue weighted by Gasteiger charge is 2.21. The number of amides is 1. The van der Waals surface area contributed by atoms with Crippen LogP contribution < -0.4 is 11.1 Å². The van der Waals surface area contributed by atoms with E-state index in [2.05, 4.69) is 26.1 Å². The van der Waals surface area contributed by atoms with Crippen LogP contribution in [0.15, 0.2) is 12.1 Å². The van der Waals surface area contributed by atoms with Crippen LogP contribution >= 0.6 is 0 Å². The van der Waals surface area contributed by atoms with Crippen LogP contribution in [0.4, 0.5) is 14.5 Å². The van der Waals surface area contributed by atoms with E-state index < -0.39 is 17.5 Å². The maximum atomic E-state index is 13.1. The Kier molecular flexibility index (Phi) is 4.50. The Morgan fingerprint density at radius 1 is 1.32 bits per heavy atom. The van der Waals surface area contributed by atoms with Crippen molar-refractivity contribution in [1.29, 1.82) is 0 Å². The molecular weight excluding hydrogens is 250 g/mol. The molecule has 1 unspecified atom stereocenters. The minimum absolute atomic E-state index is 0.0417. The molecule has 1 aromatic rings. The molecule has 1 rings (SSSR count). The fraction of sp³-hybridized carbons (Fsp3) is 0.500. The lowest BCUT2D eigenvalue weighted by Crippen LogP contribution is -2.34. The molecule has 1 amide bonds. The number of nitrogens with one attached hydrogen (secondary N) is 1. The lowest BCUT2D eigenvalue weighted by molar-refractivity contribution is 0.0937. The average Bonchev–Trinajstić information content (AvgIpc) is 2.29. The first-order valence-electron chi connectivity index (χ1n) is 6.15. The Morgan fingerprint density at radius 2 is 1.84 bits per heavy atom. The number of nitrogens with two attached hydrogens (primary N) is 1. The molecule has 0 aliphatic rings. The Labute approximate surface area is 112 Å². The van der Waals surface area contributed by atoms with Gasteiger partial charge >= 0.3 is 0 Å². The third-order valence-corrected chi connectivity index (χ3v) is 3.38. The molecule has 1 atom stereocenters. The van der Waals surface area contributed by atoms with Crippen molar-refractivity contribution in [1.82, 2.24) is 5.32 Å². The van der Waals surface area contributed by atoms with Crippen molar-refractivity contribution >= 4 is 11.6 Å². The number of benzene rings is 1. The Morgan fingerprint density at radius 3 is 2.37 bits per heavy atom. The van der Waals surface area contributed by atoms with Crippen LogP contribution in [0, 0.1) is 23.0 Å². The summed E-state index contributed by atoms with van der Waals surface area (Å²) >= 11 is 0. The second-order valence-corrected chi connectivity index (χ2v) is 5.83. The number of anilines is 1. The van der Waals surface area contributed by atoms with Gasteiger partial charge in [-0.1, -0.05) is 27.7 Å². The highest BCUT2D eigenvalue weighted by atomic mass is 19.2. The highest BCUT2D eigenvalue weighted by molar-refractivity contribution is 5.99. The highest BCUT2D eigenvalue weighted by Crippen LogP contribution is 2.24. The van der Waals surface area contributed by atoms with Crippen LogP contribution in [-0.4, -0.2) is 12.5 Å². The summed E-state index contributed by atoms with van der Waals surface area (Å²) in [5.41, 5.74) is 5.45. The van der Waals surface area contributed by atoms with Crippen LogP contribution in [-0.2, 0) is 0 Å². The van der Waals surface area contributed by atoms with E-state index in [1.807, 2.05) is 6.92 Å². The van der Waals surface area contributed by atoms with Crippen molar-refractivity contribution in [2.45, 2.75) is 27.7 Å². The van der Waals surface area contributed by atoms with Crippen LogP contribution in [0.2, 0.25) is 0 Å². The molecule has 3 N–H and O–H groups in total. The van der Waals surface area contributed by atoms with Gasteiger partial charge in [0.25, 0.3) is 5.91 Å².